The Morgan fingerprint density at radius 1 is 1.24 bits per heavy atom. The number of carbonyl (C=O) groups excluding carboxylic acids is 1. The monoisotopic (exact) mass is 454 g/mol. The Kier molecular flexibility index (Phi) is 7.16. The number of hydrogen-bond acceptors (Lipinski definition) is 6. The van der Waals surface area contributed by atoms with E-state index in [9.17, 15) is 4.79 Å². The van der Waals surface area contributed by atoms with E-state index in [1.165, 1.54) is 0 Å². The van der Waals surface area contributed by atoms with Crippen molar-refractivity contribution in [3.63, 3.8) is 0 Å². The van der Waals surface area contributed by atoms with Crippen molar-refractivity contribution in [3.05, 3.63) is 52.0 Å². The number of nitrogens with one attached hydrogen (secondary N) is 1. The molecular weight excluding hydrogens is 435 g/mol. The van der Waals surface area contributed by atoms with Crippen LogP contribution in [0.2, 0.25) is 10.0 Å². The number of cyclic esters (lactones) is 1. The fraction of sp³-hybridized carbons (Fsp3) is 0.300. The first-order chi connectivity index (χ1) is 13.9. The molecule has 0 aliphatic carbocycles. The molecule has 1 heterocycles. The zero-order chi connectivity index (χ0) is 20.9. The van der Waals surface area contributed by atoms with Crippen molar-refractivity contribution < 1.29 is 18.6 Å². The highest BCUT2D eigenvalue weighted by molar-refractivity contribution is 7.94. The van der Waals surface area contributed by atoms with Gasteiger partial charge in [-0.2, -0.15) is 0 Å². The molecule has 1 aliphatic rings. The maximum atomic E-state index is 11.8. The molecule has 0 saturated carbocycles. The molecule has 29 heavy (non-hydrogen) atoms. The van der Waals surface area contributed by atoms with E-state index < -0.39 is 11.7 Å². The number of nitrogens with zero attached hydrogens (tertiary/aromatic N) is 1. The third-order valence-corrected chi connectivity index (χ3v) is 5.47. The third-order valence-electron chi connectivity index (χ3n) is 4.13. The molecule has 0 saturated heterocycles. The van der Waals surface area contributed by atoms with Gasteiger partial charge in [0.2, 0.25) is 0 Å². The third kappa shape index (κ3) is 5.72. The number of ether oxygens (including phenoxy) is 2. The summed E-state index contributed by atoms with van der Waals surface area (Å²) in [7, 11) is 0. The van der Waals surface area contributed by atoms with E-state index >= 15 is 0 Å². The molecule has 154 valence electrons. The Labute approximate surface area is 183 Å². The van der Waals surface area contributed by atoms with E-state index in [-0.39, 0.29) is 0 Å². The van der Waals surface area contributed by atoms with Gasteiger partial charge in [-0.3, -0.25) is 5.32 Å². The molecule has 2 aromatic rings. The normalized spacial score (nSPS) is 14.8. The van der Waals surface area contributed by atoms with Gasteiger partial charge in [-0.15, -0.1) is 0 Å². The average molecular weight is 455 g/mol. The molecule has 0 aromatic heterocycles. The minimum Gasteiger partial charge on any atom is -0.491 e. The summed E-state index contributed by atoms with van der Waals surface area (Å²) in [4.78, 5) is 12.6. The zero-order valence-corrected chi connectivity index (χ0v) is 18.2. The van der Waals surface area contributed by atoms with Gasteiger partial charge in [0, 0.05) is 11.8 Å². The second kappa shape index (κ2) is 9.61. The van der Waals surface area contributed by atoms with Gasteiger partial charge in [0.15, 0.2) is 0 Å². The van der Waals surface area contributed by atoms with Gasteiger partial charge in [-0.1, -0.05) is 40.5 Å². The predicted octanol–water partition coefficient (Wildman–Crippen LogP) is 6.66. The van der Waals surface area contributed by atoms with Gasteiger partial charge in [-0.25, -0.2) is 4.79 Å². The van der Waals surface area contributed by atoms with Crippen LogP contribution in [0.3, 0.4) is 0 Å². The summed E-state index contributed by atoms with van der Waals surface area (Å²) in [6.07, 6.45) is 2.61. The van der Waals surface area contributed by atoms with Crippen molar-refractivity contribution in [1.82, 2.24) is 0 Å². The quantitative estimate of drug-likeness (QED) is 0.209. The minimum absolute atomic E-state index is 0.468. The fourth-order valence-electron chi connectivity index (χ4n) is 2.73. The van der Waals surface area contributed by atoms with Crippen LogP contribution in [0, 0.1) is 0 Å². The second-order valence-electron chi connectivity index (χ2n) is 6.72. The number of fused-ring (bicyclic) bond motifs is 1. The number of hydrogen-bond donors (Lipinski definition) is 1. The lowest BCUT2D eigenvalue weighted by molar-refractivity contribution is 0.0416. The first kappa shape index (κ1) is 21.6. The molecule has 0 bridgehead atoms. The minimum atomic E-state index is -0.701. The Morgan fingerprint density at radius 3 is 2.86 bits per heavy atom. The summed E-state index contributed by atoms with van der Waals surface area (Å²) in [5.41, 5.74) is 0.834. The highest BCUT2D eigenvalue weighted by atomic mass is 35.5. The number of oxime groups is 1. The number of rotatable bonds is 8. The zero-order valence-electron chi connectivity index (χ0n) is 15.9. The number of benzene rings is 2. The van der Waals surface area contributed by atoms with E-state index in [1.807, 2.05) is 32.0 Å². The summed E-state index contributed by atoms with van der Waals surface area (Å²) >= 11 is 12.9. The van der Waals surface area contributed by atoms with Crippen LogP contribution in [-0.4, -0.2) is 18.9 Å². The first-order valence-electron chi connectivity index (χ1n) is 8.93. The molecule has 1 aliphatic heterocycles. The summed E-state index contributed by atoms with van der Waals surface area (Å²) < 4.78 is 16.3. The van der Waals surface area contributed by atoms with E-state index in [0.717, 1.165) is 28.9 Å². The lowest BCUT2D eigenvalue weighted by atomic mass is 9.94. The highest BCUT2D eigenvalue weighted by Crippen LogP contribution is 2.40. The average Bonchev–Trinajstić information content (AvgIpc) is 2.66. The SMILES string of the molecule is CC1(C)OC(=O)Nc2c(OCCCC=NOSc3ccc(Cl)c(Cl)c3)cccc21. The molecular formula is C20H20Cl2N2O4S. The van der Waals surface area contributed by atoms with Crippen LogP contribution in [0.15, 0.2) is 46.4 Å². The van der Waals surface area contributed by atoms with Crippen molar-refractivity contribution >= 4 is 53.2 Å². The summed E-state index contributed by atoms with van der Waals surface area (Å²) in [6, 6.07) is 10.8. The molecule has 6 nitrogen and oxygen atoms in total. The van der Waals surface area contributed by atoms with Crippen LogP contribution < -0.4 is 10.1 Å². The molecule has 0 unspecified atom stereocenters. The number of amides is 1. The summed E-state index contributed by atoms with van der Waals surface area (Å²) in [6.45, 7) is 4.17. The van der Waals surface area contributed by atoms with Gasteiger partial charge in [-0.05, 0) is 51.0 Å². The molecule has 0 atom stereocenters. The van der Waals surface area contributed by atoms with Gasteiger partial charge in [0.05, 0.1) is 27.2 Å². The molecule has 3 rings (SSSR count). The van der Waals surface area contributed by atoms with Crippen LogP contribution in [-0.2, 0) is 14.6 Å². The molecule has 9 heteroatoms. The van der Waals surface area contributed by atoms with Crippen molar-refractivity contribution in [3.8, 4) is 5.75 Å². The Hall–Kier alpha value is -2.09. The maximum absolute atomic E-state index is 11.8. The van der Waals surface area contributed by atoms with Crippen LogP contribution >= 0.6 is 35.2 Å². The van der Waals surface area contributed by atoms with E-state index in [2.05, 4.69) is 10.5 Å². The maximum Gasteiger partial charge on any atom is 0.412 e. The number of unbranched alkanes of at least 4 members (excludes halogenated alkanes) is 1. The van der Waals surface area contributed by atoms with Gasteiger partial charge in [0.1, 0.15) is 23.4 Å². The first-order valence-corrected chi connectivity index (χ1v) is 10.4. The Bertz CT molecular complexity index is 921. The molecule has 0 radical (unpaired) electrons. The number of halogens is 2. The molecule has 1 N–H and O–H groups in total. The topological polar surface area (TPSA) is 69.2 Å². The van der Waals surface area contributed by atoms with Crippen LogP contribution in [0.1, 0.15) is 32.3 Å². The Morgan fingerprint density at radius 2 is 2.07 bits per heavy atom. The largest absolute Gasteiger partial charge is 0.491 e. The van der Waals surface area contributed by atoms with E-state index in [0.29, 0.717) is 34.5 Å². The smallest absolute Gasteiger partial charge is 0.412 e. The second-order valence-corrected chi connectivity index (χ2v) is 8.32. The van der Waals surface area contributed by atoms with Crippen molar-refractivity contribution in [2.24, 2.45) is 5.16 Å². The van der Waals surface area contributed by atoms with Gasteiger partial charge >= 0.3 is 6.09 Å². The van der Waals surface area contributed by atoms with Crippen LogP contribution in [0.25, 0.3) is 0 Å². The van der Waals surface area contributed by atoms with Crippen molar-refractivity contribution in [2.75, 3.05) is 11.9 Å². The van der Waals surface area contributed by atoms with E-state index in [4.69, 9.17) is 37.0 Å². The highest BCUT2D eigenvalue weighted by Gasteiger charge is 2.34. The number of carbonyl (C=O) groups is 1. The molecule has 0 fully saturated rings. The number of para-hydroxylation sites is 1. The summed E-state index contributed by atoms with van der Waals surface area (Å²) in [5.74, 6) is 0.621. The fourth-order valence-corrected chi connectivity index (χ4v) is 3.57. The van der Waals surface area contributed by atoms with Crippen molar-refractivity contribution in [1.29, 1.82) is 0 Å². The molecule has 2 aromatic carbocycles. The van der Waals surface area contributed by atoms with Crippen LogP contribution in [0.4, 0.5) is 10.5 Å². The lowest BCUT2D eigenvalue weighted by Gasteiger charge is -2.33. The lowest BCUT2D eigenvalue weighted by Crippen LogP contribution is -2.34. The van der Waals surface area contributed by atoms with Crippen LogP contribution in [0.5, 0.6) is 5.75 Å². The molecule has 1 amide bonds. The van der Waals surface area contributed by atoms with Gasteiger partial charge < -0.3 is 13.8 Å². The standard InChI is InChI=1S/C20H20Cl2N2O4S/c1-20(2)14-6-5-7-17(18(14)24-19(25)27-20)26-11-4-3-10-23-28-29-13-8-9-15(21)16(22)12-13/h5-10,12H,3-4,11H2,1-2H3,(H,24,25). The number of anilines is 1. The molecule has 0 spiro atoms. The predicted molar refractivity (Wildman–Crippen MR) is 116 cm³/mol. The van der Waals surface area contributed by atoms with Gasteiger partial charge in [0.25, 0.3) is 0 Å². The summed E-state index contributed by atoms with van der Waals surface area (Å²) in [5, 5.41) is 7.58. The van der Waals surface area contributed by atoms with Crippen molar-refractivity contribution in [2.45, 2.75) is 37.2 Å². The van der Waals surface area contributed by atoms with E-state index in [1.54, 1.807) is 24.4 Å². The Balaban J connectivity index is 1.43.